The molecule has 2 aliphatic rings. The highest BCUT2D eigenvalue weighted by Crippen LogP contribution is 2.28. The standard InChI is InChI=1S/C21H22N4O2/c22-20-14-25(17-4-2-1-3-5-17)19(12-23-20)15-6-8-16(9-7-15)21(27)24-11-10-18(26)13-24/h1-9,12,18,26H,10-11,13-14H2,(H2,22,23). The predicted octanol–water partition coefficient (Wildman–Crippen LogP) is 2.07. The summed E-state index contributed by atoms with van der Waals surface area (Å²) in [6.07, 6.45) is 1.99. The van der Waals surface area contributed by atoms with Crippen molar-refractivity contribution in [2.45, 2.75) is 12.5 Å². The van der Waals surface area contributed by atoms with E-state index in [0.29, 0.717) is 37.5 Å². The van der Waals surface area contributed by atoms with E-state index in [9.17, 15) is 9.90 Å². The van der Waals surface area contributed by atoms with E-state index in [1.165, 1.54) is 0 Å². The lowest BCUT2D eigenvalue weighted by atomic mass is 10.1. The molecule has 6 nitrogen and oxygen atoms in total. The van der Waals surface area contributed by atoms with Gasteiger partial charge in [-0.2, -0.15) is 0 Å². The van der Waals surface area contributed by atoms with Crippen molar-refractivity contribution in [2.24, 2.45) is 10.7 Å². The Morgan fingerprint density at radius 2 is 1.85 bits per heavy atom. The minimum absolute atomic E-state index is 0.0436. The molecule has 27 heavy (non-hydrogen) atoms. The minimum atomic E-state index is -0.414. The molecule has 2 heterocycles. The van der Waals surface area contributed by atoms with E-state index in [-0.39, 0.29) is 5.91 Å². The van der Waals surface area contributed by atoms with E-state index < -0.39 is 6.10 Å². The summed E-state index contributed by atoms with van der Waals surface area (Å²) < 4.78 is 0. The fraction of sp³-hybridized carbons (Fsp3) is 0.238. The van der Waals surface area contributed by atoms with Crippen molar-refractivity contribution in [3.05, 3.63) is 71.9 Å². The first-order valence-electron chi connectivity index (χ1n) is 9.04. The van der Waals surface area contributed by atoms with Crippen LogP contribution in [0.15, 0.2) is 65.8 Å². The number of hydrogen-bond acceptors (Lipinski definition) is 5. The SMILES string of the molecule is NC1=NC=C(c2ccc(C(=O)N3CCC(O)C3)cc2)N(c2ccccc2)C1. The molecule has 0 aliphatic carbocycles. The fourth-order valence-corrected chi connectivity index (χ4v) is 3.46. The van der Waals surface area contributed by atoms with Crippen LogP contribution in [-0.2, 0) is 0 Å². The van der Waals surface area contributed by atoms with Gasteiger partial charge in [-0.15, -0.1) is 0 Å². The number of aliphatic hydroxyl groups is 1. The summed E-state index contributed by atoms with van der Waals surface area (Å²) in [5, 5.41) is 9.64. The van der Waals surface area contributed by atoms with Crippen molar-refractivity contribution in [1.29, 1.82) is 0 Å². The Hall–Kier alpha value is -3.12. The number of para-hydroxylation sites is 1. The molecule has 3 N–H and O–H groups in total. The number of nitrogens with two attached hydrogens (primary N) is 1. The Morgan fingerprint density at radius 1 is 1.11 bits per heavy atom. The van der Waals surface area contributed by atoms with Crippen LogP contribution in [0.3, 0.4) is 0 Å². The summed E-state index contributed by atoms with van der Waals surface area (Å²) in [5.41, 5.74) is 9.50. The zero-order chi connectivity index (χ0) is 18.8. The summed E-state index contributed by atoms with van der Waals surface area (Å²) in [5.74, 6) is 0.514. The molecule has 0 radical (unpaired) electrons. The Morgan fingerprint density at radius 3 is 2.52 bits per heavy atom. The van der Waals surface area contributed by atoms with Crippen molar-refractivity contribution in [3.8, 4) is 0 Å². The molecule has 138 valence electrons. The van der Waals surface area contributed by atoms with Crippen molar-refractivity contribution in [1.82, 2.24) is 4.90 Å². The first-order valence-corrected chi connectivity index (χ1v) is 9.04. The first kappa shape index (κ1) is 17.3. The normalized spacial score (nSPS) is 19.7. The molecule has 2 aliphatic heterocycles. The van der Waals surface area contributed by atoms with Crippen LogP contribution >= 0.6 is 0 Å². The highest BCUT2D eigenvalue weighted by molar-refractivity contribution is 5.97. The molecule has 1 saturated heterocycles. The van der Waals surface area contributed by atoms with Crippen LogP contribution < -0.4 is 10.6 Å². The van der Waals surface area contributed by atoms with Gasteiger partial charge in [-0.25, -0.2) is 4.99 Å². The van der Waals surface area contributed by atoms with Crippen LogP contribution in [0.4, 0.5) is 5.69 Å². The number of carbonyl (C=O) groups excluding carboxylic acids is 1. The maximum atomic E-state index is 12.6. The molecule has 0 aromatic heterocycles. The van der Waals surface area contributed by atoms with Gasteiger partial charge in [0.05, 0.1) is 24.5 Å². The van der Waals surface area contributed by atoms with Crippen molar-refractivity contribution >= 4 is 23.1 Å². The van der Waals surface area contributed by atoms with Gasteiger partial charge in [-0.05, 0) is 36.2 Å². The van der Waals surface area contributed by atoms with E-state index in [4.69, 9.17) is 5.73 Å². The second kappa shape index (κ2) is 7.25. The average molecular weight is 362 g/mol. The maximum absolute atomic E-state index is 12.6. The highest BCUT2D eigenvalue weighted by atomic mass is 16.3. The van der Waals surface area contributed by atoms with Gasteiger partial charge in [0.1, 0.15) is 5.84 Å². The van der Waals surface area contributed by atoms with Gasteiger partial charge in [0.2, 0.25) is 0 Å². The van der Waals surface area contributed by atoms with Crippen molar-refractivity contribution in [2.75, 3.05) is 24.5 Å². The van der Waals surface area contributed by atoms with Crippen LogP contribution in [0.5, 0.6) is 0 Å². The number of likely N-dealkylation sites (tertiary alicyclic amines) is 1. The zero-order valence-corrected chi connectivity index (χ0v) is 15.0. The lowest BCUT2D eigenvalue weighted by Crippen LogP contribution is -2.35. The van der Waals surface area contributed by atoms with Gasteiger partial charge >= 0.3 is 0 Å². The third kappa shape index (κ3) is 3.57. The molecular formula is C21H22N4O2. The zero-order valence-electron chi connectivity index (χ0n) is 15.0. The van der Waals surface area contributed by atoms with E-state index in [0.717, 1.165) is 16.9 Å². The monoisotopic (exact) mass is 362 g/mol. The van der Waals surface area contributed by atoms with E-state index in [1.54, 1.807) is 11.1 Å². The Labute approximate surface area is 158 Å². The Bertz CT molecular complexity index is 890. The van der Waals surface area contributed by atoms with Gasteiger partial charge < -0.3 is 20.6 Å². The maximum Gasteiger partial charge on any atom is 0.253 e. The largest absolute Gasteiger partial charge is 0.391 e. The fourth-order valence-electron chi connectivity index (χ4n) is 3.46. The molecule has 2 aromatic carbocycles. The predicted molar refractivity (Wildman–Crippen MR) is 106 cm³/mol. The minimum Gasteiger partial charge on any atom is -0.391 e. The molecule has 6 heteroatoms. The molecule has 1 unspecified atom stereocenters. The third-order valence-electron chi connectivity index (χ3n) is 4.91. The second-order valence-corrected chi connectivity index (χ2v) is 6.83. The quantitative estimate of drug-likeness (QED) is 0.876. The molecule has 0 bridgehead atoms. The molecule has 1 atom stereocenters. The molecule has 1 amide bonds. The van der Waals surface area contributed by atoms with E-state index >= 15 is 0 Å². The molecule has 1 fully saturated rings. The number of nitrogens with zero attached hydrogens (tertiary/aromatic N) is 3. The molecule has 0 spiro atoms. The number of amides is 1. The summed E-state index contributed by atoms with van der Waals surface area (Å²) in [7, 11) is 0. The smallest absolute Gasteiger partial charge is 0.253 e. The van der Waals surface area contributed by atoms with Crippen LogP contribution in [0, 0.1) is 0 Å². The van der Waals surface area contributed by atoms with Gasteiger partial charge in [0, 0.05) is 24.3 Å². The number of benzene rings is 2. The van der Waals surface area contributed by atoms with Gasteiger partial charge in [-0.3, -0.25) is 4.79 Å². The summed E-state index contributed by atoms with van der Waals surface area (Å²) >= 11 is 0. The second-order valence-electron chi connectivity index (χ2n) is 6.83. The number of anilines is 1. The topological polar surface area (TPSA) is 82.2 Å². The highest BCUT2D eigenvalue weighted by Gasteiger charge is 2.25. The molecular weight excluding hydrogens is 340 g/mol. The van der Waals surface area contributed by atoms with Gasteiger partial charge in [0.15, 0.2) is 0 Å². The van der Waals surface area contributed by atoms with E-state index in [1.807, 2.05) is 54.6 Å². The summed E-state index contributed by atoms with van der Waals surface area (Å²) in [6.45, 7) is 1.52. The van der Waals surface area contributed by atoms with Crippen LogP contribution in [0.2, 0.25) is 0 Å². The number of aliphatic hydroxyl groups excluding tert-OH is 1. The van der Waals surface area contributed by atoms with Gasteiger partial charge in [-0.1, -0.05) is 30.3 Å². The number of carbonyl (C=O) groups is 1. The Balaban J connectivity index is 1.59. The number of rotatable bonds is 3. The summed E-state index contributed by atoms with van der Waals surface area (Å²) in [6, 6.07) is 17.5. The first-order chi connectivity index (χ1) is 13.1. The number of aliphatic imine (C=N–C) groups is 1. The molecule has 4 rings (SSSR count). The third-order valence-corrected chi connectivity index (χ3v) is 4.91. The van der Waals surface area contributed by atoms with Gasteiger partial charge in [0.25, 0.3) is 5.91 Å². The lowest BCUT2D eigenvalue weighted by molar-refractivity contribution is 0.0765. The Kier molecular flexibility index (Phi) is 4.64. The van der Waals surface area contributed by atoms with Crippen molar-refractivity contribution in [3.63, 3.8) is 0 Å². The summed E-state index contributed by atoms with van der Waals surface area (Å²) in [4.78, 5) is 20.6. The number of hydrogen-bond donors (Lipinski definition) is 2. The van der Waals surface area contributed by atoms with Crippen LogP contribution in [0.25, 0.3) is 5.70 Å². The van der Waals surface area contributed by atoms with Crippen molar-refractivity contribution < 1.29 is 9.90 Å². The molecule has 2 aromatic rings. The van der Waals surface area contributed by atoms with Crippen LogP contribution in [-0.4, -0.2) is 47.5 Å². The number of β-amino-alcohol motifs (C(OH)–C–C–N with tert-alkyl or cyclic N) is 1. The number of amidine groups is 1. The molecule has 0 saturated carbocycles. The van der Waals surface area contributed by atoms with Crippen LogP contribution in [0.1, 0.15) is 22.3 Å². The van der Waals surface area contributed by atoms with E-state index in [2.05, 4.69) is 9.89 Å². The lowest BCUT2D eigenvalue weighted by Gasteiger charge is -2.29. The average Bonchev–Trinajstić information content (AvgIpc) is 3.14.